The lowest BCUT2D eigenvalue weighted by Gasteiger charge is -2.23. The van der Waals surface area contributed by atoms with Crippen LogP contribution in [0.4, 0.5) is 8.78 Å². The molecule has 0 radical (unpaired) electrons. The number of carbonyl (C=O) groups is 1. The SMILES string of the molecule is CCOC(=O)C(F)(F)[C@H](N)c1ccc(OC)cc1C. The Balaban J connectivity index is 3.05. The molecule has 0 bridgehead atoms. The van der Waals surface area contributed by atoms with Crippen molar-refractivity contribution in [3.05, 3.63) is 29.3 Å². The molecule has 0 aliphatic carbocycles. The highest BCUT2D eigenvalue weighted by Gasteiger charge is 2.48. The van der Waals surface area contributed by atoms with Crippen molar-refractivity contribution in [1.82, 2.24) is 0 Å². The van der Waals surface area contributed by atoms with E-state index in [4.69, 9.17) is 10.5 Å². The Labute approximate surface area is 110 Å². The summed E-state index contributed by atoms with van der Waals surface area (Å²) in [4.78, 5) is 11.2. The van der Waals surface area contributed by atoms with E-state index in [2.05, 4.69) is 4.74 Å². The second-order valence-electron chi connectivity index (χ2n) is 4.04. The van der Waals surface area contributed by atoms with Gasteiger partial charge in [0.1, 0.15) is 11.8 Å². The molecule has 0 aliphatic rings. The minimum Gasteiger partial charge on any atom is -0.497 e. The van der Waals surface area contributed by atoms with E-state index < -0.39 is 17.9 Å². The van der Waals surface area contributed by atoms with Gasteiger partial charge in [-0.05, 0) is 37.1 Å². The number of ether oxygens (including phenoxy) is 2. The third-order valence-corrected chi connectivity index (χ3v) is 2.75. The monoisotopic (exact) mass is 273 g/mol. The maximum Gasteiger partial charge on any atom is 0.379 e. The van der Waals surface area contributed by atoms with Gasteiger partial charge in [0.2, 0.25) is 0 Å². The van der Waals surface area contributed by atoms with E-state index in [1.54, 1.807) is 13.0 Å². The molecule has 4 nitrogen and oxygen atoms in total. The van der Waals surface area contributed by atoms with Crippen LogP contribution in [0, 0.1) is 6.92 Å². The number of hydrogen-bond donors (Lipinski definition) is 1. The second-order valence-corrected chi connectivity index (χ2v) is 4.04. The lowest BCUT2D eigenvalue weighted by molar-refractivity contribution is -0.174. The lowest BCUT2D eigenvalue weighted by atomic mass is 9.96. The van der Waals surface area contributed by atoms with Crippen molar-refractivity contribution in [2.75, 3.05) is 13.7 Å². The first kappa shape index (κ1) is 15.4. The number of halogens is 2. The zero-order valence-electron chi connectivity index (χ0n) is 11.1. The molecule has 6 heteroatoms. The number of aryl methyl sites for hydroxylation is 1. The second kappa shape index (κ2) is 5.97. The largest absolute Gasteiger partial charge is 0.497 e. The zero-order valence-corrected chi connectivity index (χ0v) is 11.1. The van der Waals surface area contributed by atoms with E-state index in [1.807, 2.05) is 0 Å². The Hall–Kier alpha value is -1.69. The van der Waals surface area contributed by atoms with Gasteiger partial charge < -0.3 is 15.2 Å². The summed E-state index contributed by atoms with van der Waals surface area (Å²) in [5.41, 5.74) is 6.21. The molecule has 2 N–H and O–H groups in total. The fourth-order valence-electron chi connectivity index (χ4n) is 1.67. The van der Waals surface area contributed by atoms with Crippen LogP contribution in [0.5, 0.6) is 5.75 Å². The van der Waals surface area contributed by atoms with Crippen molar-refractivity contribution < 1.29 is 23.0 Å². The topological polar surface area (TPSA) is 61.5 Å². The van der Waals surface area contributed by atoms with Crippen molar-refractivity contribution in [3.8, 4) is 5.75 Å². The van der Waals surface area contributed by atoms with Crippen LogP contribution in [0.1, 0.15) is 24.1 Å². The summed E-state index contributed by atoms with van der Waals surface area (Å²) in [6, 6.07) is 2.77. The predicted molar refractivity (Wildman–Crippen MR) is 66.2 cm³/mol. The molecular weight excluding hydrogens is 256 g/mol. The van der Waals surface area contributed by atoms with Gasteiger partial charge in [-0.25, -0.2) is 4.79 Å². The smallest absolute Gasteiger partial charge is 0.379 e. The van der Waals surface area contributed by atoms with Crippen LogP contribution >= 0.6 is 0 Å². The average molecular weight is 273 g/mol. The minimum atomic E-state index is -3.77. The van der Waals surface area contributed by atoms with Crippen molar-refractivity contribution in [2.24, 2.45) is 5.73 Å². The van der Waals surface area contributed by atoms with Crippen LogP contribution in [0.15, 0.2) is 18.2 Å². The van der Waals surface area contributed by atoms with Gasteiger partial charge in [0.05, 0.1) is 13.7 Å². The highest BCUT2D eigenvalue weighted by molar-refractivity contribution is 5.79. The third-order valence-electron chi connectivity index (χ3n) is 2.75. The van der Waals surface area contributed by atoms with Gasteiger partial charge in [-0.2, -0.15) is 8.78 Å². The van der Waals surface area contributed by atoms with E-state index in [0.29, 0.717) is 11.3 Å². The van der Waals surface area contributed by atoms with Gasteiger partial charge in [-0.3, -0.25) is 0 Å². The first-order chi connectivity index (χ1) is 8.84. The van der Waals surface area contributed by atoms with E-state index in [0.717, 1.165) is 0 Å². The molecule has 0 unspecified atom stereocenters. The Morgan fingerprint density at radius 3 is 2.58 bits per heavy atom. The predicted octanol–water partition coefficient (Wildman–Crippen LogP) is 2.20. The van der Waals surface area contributed by atoms with Gasteiger partial charge in [-0.15, -0.1) is 0 Å². The number of methoxy groups -OCH3 is 1. The van der Waals surface area contributed by atoms with E-state index in [1.165, 1.54) is 26.2 Å². The maximum atomic E-state index is 13.8. The van der Waals surface area contributed by atoms with E-state index >= 15 is 0 Å². The number of hydrogen-bond acceptors (Lipinski definition) is 4. The number of rotatable bonds is 5. The Kier molecular flexibility index (Phi) is 4.83. The molecule has 19 heavy (non-hydrogen) atoms. The van der Waals surface area contributed by atoms with Gasteiger partial charge in [0, 0.05) is 0 Å². The van der Waals surface area contributed by atoms with Crippen molar-refractivity contribution in [2.45, 2.75) is 25.8 Å². The molecule has 1 atom stereocenters. The Morgan fingerprint density at radius 2 is 2.11 bits per heavy atom. The molecule has 0 spiro atoms. The lowest BCUT2D eigenvalue weighted by Crippen LogP contribution is -2.42. The molecule has 106 valence electrons. The molecule has 1 aromatic carbocycles. The van der Waals surface area contributed by atoms with Crippen molar-refractivity contribution in [1.29, 1.82) is 0 Å². The summed E-state index contributed by atoms with van der Waals surface area (Å²) in [6.07, 6.45) is 0. The third kappa shape index (κ3) is 3.20. The molecule has 0 amide bonds. The van der Waals surface area contributed by atoms with Gasteiger partial charge in [-0.1, -0.05) is 6.07 Å². The zero-order chi connectivity index (χ0) is 14.6. The number of nitrogens with two attached hydrogens (primary N) is 1. The summed E-state index contributed by atoms with van der Waals surface area (Å²) in [5.74, 6) is -4.85. The van der Waals surface area contributed by atoms with Gasteiger partial charge in [0.25, 0.3) is 0 Å². The normalized spacial score (nSPS) is 12.9. The van der Waals surface area contributed by atoms with E-state index in [-0.39, 0.29) is 12.2 Å². The number of benzene rings is 1. The molecule has 0 heterocycles. The number of carbonyl (C=O) groups excluding carboxylic acids is 1. The summed E-state index contributed by atoms with van der Waals surface area (Å²) in [7, 11) is 1.47. The standard InChI is InChI=1S/C13H17F2NO3/c1-4-19-12(17)13(14,15)11(16)10-6-5-9(18-3)7-8(10)2/h5-7,11H,4,16H2,1-3H3/t11-/m1/s1. The first-order valence-corrected chi connectivity index (χ1v) is 5.79. The summed E-state index contributed by atoms with van der Waals surface area (Å²) >= 11 is 0. The van der Waals surface area contributed by atoms with E-state index in [9.17, 15) is 13.6 Å². The van der Waals surface area contributed by atoms with Crippen LogP contribution in [0.25, 0.3) is 0 Å². The van der Waals surface area contributed by atoms with Crippen molar-refractivity contribution in [3.63, 3.8) is 0 Å². The molecular formula is C13H17F2NO3. The minimum absolute atomic E-state index is 0.122. The molecule has 1 rings (SSSR count). The molecule has 0 saturated heterocycles. The van der Waals surface area contributed by atoms with Crippen molar-refractivity contribution >= 4 is 5.97 Å². The van der Waals surface area contributed by atoms with Crippen LogP contribution in [0.3, 0.4) is 0 Å². The maximum absolute atomic E-state index is 13.8. The highest BCUT2D eigenvalue weighted by Crippen LogP contribution is 2.33. The molecule has 0 saturated carbocycles. The Morgan fingerprint density at radius 1 is 1.47 bits per heavy atom. The van der Waals surface area contributed by atoms with Gasteiger partial charge in [0.15, 0.2) is 0 Å². The first-order valence-electron chi connectivity index (χ1n) is 5.79. The quantitative estimate of drug-likeness (QED) is 0.835. The number of alkyl halides is 2. The number of esters is 1. The van der Waals surface area contributed by atoms with Crippen LogP contribution in [-0.4, -0.2) is 25.6 Å². The van der Waals surface area contributed by atoms with Crippen LogP contribution in [-0.2, 0) is 9.53 Å². The van der Waals surface area contributed by atoms with Crippen LogP contribution in [0.2, 0.25) is 0 Å². The molecule has 0 fully saturated rings. The summed E-state index contributed by atoms with van der Waals surface area (Å²) in [5, 5.41) is 0. The molecule has 0 aliphatic heterocycles. The molecule has 0 aromatic heterocycles. The fourth-order valence-corrected chi connectivity index (χ4v) is 1.67. The van der Waals surface area contributed by atoms with Crippen LogP contribution < -0.4 is 10.5 Å². The fraction of sp³-hybridized carbons (Fsp3) is 0.462. The highest BCUT2D eigenvalue weighted by atomic mass is 19.3. The van der Waals surface area contributed by atoms with Gasteiger partial charge >= 0.3 is 11.9 Å². The summed E-state index contributed by atoms with van der Waals surface area (Å²) < 4.78 is 37.0. The summed E-state index contributed by atoms with van der Waals surface area (Å²) in [6.45, 7) is 2.96. The average Bonchev–Trinajstić information content (AvgIpc) is 2.37. The Bertz CT molecular complexity index is 463. The molecule has 1 aromatic rings.